The quantitative estimate of drug-likeness (QED) is 0.156. The summed E-state index contributed by atoms with van der Waals surface area (Å²) in [6, 6.07) is -1.26. The van der Waals surface area contributed by atoms with Crippen molar-refractivity contribution >= 4 is 5.91 Å². The Bertz CT molecular complexity index is 495. The van der Waals surface area contributed by atoms with Gasteiger partial charge in [0.05, 0.1) is 6.61 Å². The molecule has 2 aliphatic rings. The maximum atomic E-state index is 11.2. The number of aliphatic hydroxyl groups excluding tert-OH is 7. The fourth-order valence-corrected chi connectivity index (χ4v) is 2.84. The summed E-state index contributed by atoms with van der Waals surface area (Å²) in [7, 11) is 0. The van der Waals surface area contributed by atoms with Gasteiger partial charge in [-0.3, -0.25) is 4.79 Å². The number of rotatable bonds is 6. The molecule has 0 aromatic carbocycles. The maximum absolute atomic E-state index is 11.2. The third-order valence-corrected chi connectivity index (χ3v) is 4.34. The molecule has 2 rings (SSSR count). The van der Waals surface area contributed by atoms with E-state index in [0.29, 0.717) is 0 Å². The lowest BCUT2D eigenvalue weighted by Gasteiger charge is -2.42. The minimum atomic E-state index is -1.76. The van der Waals surface area contributed by atoms with E-state index in [-0.39, 0.29) is 0 Å². The summed E-state index contributed by atoms with van der Waals surface area (Å²) in [6.07, 6.45) is -13.7. The molecule has 0 saturated carbocycles. The van der Waals surface area contributed by atoms with Crippen molar-refractivity contribution < 1.29 is 59.8 Å². The van der Waals surface area contributed by atoms with Crippen molar-refractivity contribution in [2.24, 2.45) is 0 Å². The van der Waals surface area contributed by atoms with E-state index in [9.17, 15) is 40.5 Å². The highest BCUT2D eigenvalue weighted by molar-refractivity contribution is 5.73. The van der Waals surface area contributed by atoms with E-state index in [1.165, 1.54) is 0 Å². The predicted molar refractivity (Wildman–Crippen MR) is 81.3 cm³/mol. The monoisotopic (exact) mass is 399 g/mol. The van der Waals surface area contributed by atoms with Crippen LogP contribution in [0.1, 0.15) is 6.92 Å². The summed E-state index contributed by atoms with van der Waals surface area (Å²) in [4.78, 5) is 21.0. The molecule has 0 aromatic heterocycles. The number of ether oxygens (including phenoxy) is 2. The summed E-state index contributed by atoms with van der Waals surface area (Å²) in [5, 5.41) is 70.0. The Balaban J connectivity index is 1.95. The fourth-order valence-electron chi connectivity index (χ4n) is 2.84. The Morgan fingerprint density at radius 2 is 1.56 bits per heavy atom. The molecule has 10 atom stereocenters. The van der Waals surface area contributed by atoms with Crippen molar-refractivity contribution in [3.63, 3.8) is 0 Å². The fraction of sp³-hybridized carbons (Fsp3) is 0.929. The second-order valence-electron chi connectivity index (χ2n) is 6.35. The summed E-state index contributed by atoms with van der Waals surface area (Å²) >= 11 is 0. The Labute approximate surface area is 153 Å². The van der Waals surface area contributed by atoms with E-state index in [1.54, 1.807) is 0 Å². The summed E-state index contributed by atoms with van der Waals surface area (Å²) in [5.41, 5.74) is 0. The van der Waals surface area contributed by atoms with Gasteiger partial charge in [-0.05, 0) is 0 Å². The molecule has 2 fully saturated rings. The molecule has 0 aromatic rings. The molecule has 27 heavy (non-hydrogen) atoms. The average Bonchev–Trinajstić information content (AvgIpc) is 2.62. The lowest BCUT2D eigenvalue weighted by atomic mass is 9.97. The number of aliphatic hydroxyl groups is 7. The van der Waals surface area contributed by atoms with E-state index in [4.69, 9.17) is 19.2 Å². The van der Waals surface area contributed by atoms with Crippen molar-refractivity contribution in [3.05, 3.63) is 0 Å². The number of carbonyl (C=O) groups excluding carboxylic acids is 1. The van der Waals surface area contributed by atoms with Crippen LogP contribution in [0.2, 0.25) is 0 Å². The van der Waals surface area contributed by atoms with Crippen LogP contribution in [0.25, 0.3) is 0 Å². The zero-order chi connectivity index (χ0) is 20.3. The van der Waals surface area contributed by atoms with E-state index < -0.39 is 80.5 Å². The molecular formula is C14H25NO12. The van der Waals surface area contributed by atoms with Crippen LogP contribution < -0.4 is 5.32 Å². The summed E-state index contributed by atoms with van der Waals surface area (Å²) in [5.74, 6) is -0.552. The first-order chi connectivity index (χ1) is 12.7. The van der Waals surface area contributed by atoms with Gasteiger partial charge in [0.2, 0.25) is 5.91 Å². The molecule has 0 bridgehead atoms. The molecule has 2 saturated heterocycles. The first-order valence-electron chi connectivity index (χ1n) is 8.23. The first kappa shape index (κ1) is 22.3. The Hall–Kier alpha value is -0.970. The van der Waals surface area contributed by atoms with E-state index in [0.717, 1.165) is 6.92 Å². The third kappa shape index (κ3) is 5.10. The second-order valence-corrected chi connectivity index (χ2v) is 6.35. The predicted octanol–water partition coefficient (Wildman–Crippen LogP) is -5.32. The highest BCUT2D eigenvalue weighted by Crippen LogP contribution is 2.24. The van der Waals surface area contributed by atoms with Gasteiger partial charge < -0.3 is 50.5 Å². The third-order valence-electron chi connectivity index (χ3n) is 4.34. The number of amides is 1. The molecule has 13 heteroatoms. The summed E-state index contributed by atoms with van der Waals surface area (Å²) in [6.45, 7) is -0.0192. The molecule has 0 spiro atoms. The first-order valence-corrected chi connectivity index (χ1v) is 8.23. The molecule has 2 heterocycles. The largest absolute Gasteiger partial charge is 0.394 e. The molecule has 1 amide bonds. The Kier molecular flexibility index (Phi) is 7.84. The summed E-state index contributed by atoms with van der Waals surface area (Å²) < 4.78 is 9.97. The molecular weight excluding hydrogens is 374 g/mol. The minimum absolute atomic E-state index is 0.531. The smallest absolute Gasteiger partial charge is 0.217 e. The molecule has 0 radical (unpaired) electrons. The zero-order valence-corrected chi connectivity index (χ0v) is 14.4. The van der Waals surface area contributed by atoms with Gasteiger partial charge in [-0.2, -0.15) is 0 Å². The Morgan fingerprint density at radius 3 is 2.15 bits per heavy atom. The van der Waals surface area contributed by atoms with Crippen molar-refractivity contribution in [1.82, 2.24) is 5.32 Å². The second kappa shape index (κ2) is 9.49. The standard InChI is InChI=1S/C14H25NO12/c1-4(17)15-7-9(19)12(5(2-16)25-13(7)22)27-24-3-6-8(18)10(20)11(21)14(23)26-6/h5-14,16,18-23H,2-3H2,1H3,(H,15,17)/t5-,6-,7-,8-,9-,10+,11+,12-,13-,14-/m1/s1. The van der Waals surface area contributed by atoms with E-state index >= 15 is 0 Å². The molecule has 0 unspecified atom stereocenters. The van der Waals surface area contributed by atoms with Crippen molar-refractivity contribution in [1.29, 1.82) is 0 Å². The van der Waals surface area contributed by atoms with Crippen molar-refractivity contribution in [2.75, 3.05) is 13.2 Å². The van der Waals surface area contributed by atoms with Crippen LogP contribution in [0.4, 0.5) is 0 Å². The van der Waals surface area contributed by atoms with Gasteiger partial charge in [-0.15, -0.1) is 0 Å². The molecule has 2 aliphatic heterocycles. The van der Waals surface area contributed by atoms with E-state index in [1.807, 2.05) is 0 Å². The van der Waals surface area contributed by atoms with Crippen LogP contribution in [0, 0.1) is 0 Å². The lowest BCUT2D eigenvalue weighted by molar-refractivity contribution is -0.398. The molecule has 0 aliphatic carbocycles. The van der Waals surface area contributed by atoms with Gasteiger partial charge >= 0.3 is 0 Å². The highest BCUT2D eigenvalue weighted by atomic mass is 17.2. The average molecular weight is 399 g/mol. The highest BCUT2D eigenvalue weighted by Gasteiger charge is 2.47. The Morgan fingerprint density at radius 1 is 0.926 bits per heavy atom. The van der Waals surface area contributed by atoms with Crippen LogP contribution in [-0.4, -0.2) is 116 Å². The zero-order valence-electron chi connectivity index (χ0n) is 14.4. The SMILES string of the molecule is CC(=O)N[C@@H]1[C@@H](O)[C@H](OOC[C@H]2O[C@@H](O)[C@@H](O)[C@@H](O)[C@@H]2O)[C@@H](CO)O[C@H]1O. The molecule has 8 N–H and O–H groups in total. The van der Waals surface area contributed by atoms with Gasteiger partial charge in [-0.1, -0.05) is 0 Å². The van der Waals surface area contributed by atoms with Gasteiger partial charge in [0.1, 0.15) is 55.4 Å². The van der Waals surface area contributed by atoms with Crippen LogP contribution in [-0.2, 0) is 24.0 Å². The minimum Gasteiger partial charge on any atom is -0.394 e. The lowest BCUT2D eigenvalue weighted by Crippen LogP contribution is -2.64. The number of hydrogen-bond donors (Lipinski definition) is 8. The maximum Gasteiger partial charge on any atom is 0.217 e. The number of hydrogen-bond acceptors (Lipinski definition) is 12. The molecule has 13 nitrogen and oxygen atoms in total. The topological polar surface area (TPSA) is 208 Å². The van der Waals surface area contributed by atoms with Crippen molar-refractivity contribution in [3.8, 4) is 0 Å². The molecule has 158 valence electrons. The van der Waals surface area contributed by atoms with Crippen LogP contribution in [0.3, 0.4) is 0 Å². The van der Waals surface area contributed by atoms with Gasteiger partial charge in [0.15, 0.2) is 12.6 Å². The number of nitrogens with one attached hydrogen (secondary N) is 1. The van der Waals surface area contributed by atoms with Gasteiger partial charge in [0, 0.05) is 6.92 Å². The van der Waals surface area contributed by atoms with E-state index in [2.05, 4.69) is 5.32 Å². The normalized spacial score (nSPS) is 45.5. The van der Waals surface area contributed by atoms with Crippen molar-refractivity contribution in [2.45, 2.75) is 68.3 Å². The van der Waals surface area contributed by atoms with Crippen LogP contribution >= 0.6 is 0 Å². The number of carbonyl (C=O) groups is 1. The van der Waals surface area contributed by atoms with Crippen LogP contribution in [0.5, 0.6) is 0 Å². The van der Waals surface area contributed by atoms with Gasteiger partial charge in [-0.25, -0.2) is 9.78 Å². The van der Waals surface area contributed by atoms with Gasteiger partial charge in [0.25, 0.3) is 0 Å². The van der Waals surface area contributed by atoms with Crippen LogP contribution in [0.15, 0.2) is 0 Å².